The topological polar surface area (TPSA) is 122 Å². The van der Waals surface area contributed by atoms with Crippen molar-refractivity contribution in [1.29, 1.82) is 0 Å². The molecular weight excluding hydrogens is 308 g/mol. The summed E-state index contributed by atoms with van der Waals surface area (Å²) >= 11 is 0. The van der Waals surface area contributed by atoms with Gasteiger partial charge in [-0.3, -0.25) is 14.6 Å². The molecule has 0 saturated carbocycles. The highest BCUT2D eigenvalue weighted by molar-refractivity contribution is 6.10. The van der Waals surface area contributed by atoms with Crippen molar-refractivity contribution in [1.82, 2.24) is 15.0 Å². The van der Waals surface area contributed by atoms with Crippen LogP contribution in [-0.2, 0) is 6.42 Å². The highest BCUT2D eigenvalue weighted by Gasteiger charge is 2.27. The average Bonchev–Trinajstić information content (AvgIpc) is 2.54. The highest BCUT2D eigenvalue weighted by Crippen LogP contribution is 2.35. The van der Waals surface area contributed by atoms with E-state index in [1.165, 1.54) is 12.1 Å². The Hall–Kier alpha value is -3.22. The van der Waals surface area contributed by atoms with Gasteiger partial charge in [0.15, 0.2) is 11.4 Å². The molecule has 3 aromatic rings. The number of fused-ring (bicyclic) bond motifs is 2. The number of aromatic nitrogens is 3. The van der Waals surface area contributed by atoms with Crippen LogP contribution in [0.3, 0.4) is 0 Å². The van der Waals surface area contributed by atoms with Gasteiger partial charge in [0.1, 0.15) is 5.75 Å². The Morgan fingerprint density at radius 1 is 1.04 bits per heavy atom. The van der Waals surface area contributed by atoms with Crippen LogP contribution in [-0.4, -0.2) is 25.8 Å². The first-order valence-electron chi connectivity index (χ1n) is 7.59. The molecule has 4 rings (SSSR count). The number of benzene rings is 1. The fourth-order valence-corrected chi connectivity index (χ4v) is 3.18. The minimum absolute atomic E-state index is 0.0151. The van der Waals surface area contributed by atoms with Crippen molar-refractivity contribution < 1.29 is 9.90 Å². The number of aryl methyl sites for hydroxylation is 1. The molecule has 7 heteroatoms. The number of pyridine rings is 1. The number of phenolic OH excluding ortho intramolecular Hbond substituents is 1. The van der Waals surface area contributed by atoms with Crippen LogP contribution in [0.15, 0.2) is 29.1 Å². The van der Waals surface area contributed by atoms with E-state index < -0.39 is 5.56 Å². The van der Waals surface area contributed by atoms with Gasteiger partial charge in [0, 0.05) is 17.5 Å². The number of nitrogens with two attached hydrogens (primary N) is 1. The van der Waals surface area contributed by atoms with Crippen LogP contribution in [0.1, 0.15) is 28.9 Å². The number of nitrogens with zero attached hydrogens (tertiary/aromatic N) is 2. The van der Waals surface area contributed by atoms with Gasteiger partial charge in [-0.1, -0.05) is 12.1 Å². The molecule has 7 nitrogen and oxygen atoms in total. The molecule has 0 saturated heterocycles. The summed E-state index contributed by atoms with van der Waals surface area (Å²) in [5.41, 5.74) is 7.69. The van der Waals surface area contributed by atoms with Crippen molar-refractivity contribution in [2.24, 2.45) is 0 Å². The molecule has 0 bridgehead atoms. The van der Waals surface area contributed by atoms with Crippen molar-refractivity contribution in [2.75, 3.05) is 5.73 Å². The second kappa shape index (κ2) is 5.16. The summed E-state index contributed by atoms with van der Waals surface area (Å²) in [6, 6.07) is 6.37. The van der Waals surface area contributed by atoms with Gasteiger partial charge in [0.2, 0.25) is 5.95 Å². The molecule has 0 aliphatic heterocycles. The Morgan fingerprint density at radius 3 is 2.54 bits per heavy atom. The van der Waals surface area contributed by atoms with Gasteiger partial charge in [-0.15, -0.1) is 0 Å². The first-order valence-corrected chi connectivity index (χ1v) is 7.59. The summed E-state index contributed by atoms with van der Waals surface area (Å²) in [6.45, 7) is 0. The number of nitrogen functional groups attached to an aromatic ring is 1. The van der Waals surface area contributed by atoms with Crippen LogP contribution in [0.4, 0.5) is 5.95 Å². The number of Topliss-reactive ketones (excluding diaryl/α,β-unsaturated/α-hetero) is 1. The summed E-state index contributed by atoms with van der Waals surface area (Å²) in [6.07, 6.45) is 1.79. The number of H-pyrrole nitrogens is 1. The van der Waals surface area contributed by atoms with E-state index in [9.17, 15) is 14.7 Å². The summed E-state index contributed by atoms with van der Waals surface area (Å²) in [4.78, 5) is 36.0. The second-order valence-corrected chi connectivity index (χ2v) is 5.78. The monoisotopic (exact) mass is 322 g/mol. The normalized spacial score (nSPS) is 13.9. The average molecular weight is 322 g/mol. The van der Waals surface area contributed by atoms with E-state index in [0.29, 0.717) is 35.2 Å². The van der Waals surface area contributed by atoms with Gasteiger partial charge in [-0.05, 0) is 30.5 Å². The number of ketones is 1. The first-order chi connectivity index (χ1) is 11.5. The molecule has 1 aliphatic carbocycles. The second-order valence-electron chi connectivity index (χ2n) is 5.78. The van der Waals surface area contributed by atoms with Gasteiger partial charge in [0.25, 0.3) is 5.56 Å². The molecule has 0 fully saturated rings. The number of anilines is 1. The van der Waals surface area contributed by atoms with Crippen molar-refractivity contribution in [3.8, 4) is 16.9 Å². The highest BCUT2D eigenvalue weighted by atomic mass is 16.3. The smallest absolute Gasteiger partial charge is 0.262 e. The molecule has 2 heterocycles. The molecule has 2 aromatic heterocycles. The first kappa shape index (κ1) is 14.4. The summed E-state index contributed by atoms with van der Waals surface area (Å²) in [5, 5.41) is 9.76. The van der Waals surface area contributed by atoms with E-state index >= 15 is 0 Å². The molecule has 0 atom stereocenters. The summed E-state index contributed by atoms with van der Waals surface area (Å²) in [7, 11) is 0. The lowest BCUT2D eigenvalue weighted by Gasteiger charge is -2.19. The number of aromatic hydroxyl groups is 1. The predicted octanol–water partition coefficient (Wildman–Crippen LogP) is 1.79. The van der Waals surface area contributed by atoms with E-state index in [1.807, 2.05) is 0 Å². The molecule has 1 aromatic carbocycles. The third-order valence-corrected chi connectivity index (χ3v) is 4.20. The summed E-state index contributed by atoms with van der Waals surface area (Å²) in [5.74, 6) is 0.0530. The van der Waals surface area contributed by atoms with Gasteiger partial charge in [-0.2, -0.15) is 4.98 Å². The van der Waals surface area contributed by atoms with E-state index in [1.54, 1.807) is 12.1 Å². The predicted molar refractivity (Wildman–Crippen MR) is 88.9 cm³/mol. The Kier molecular flexibility index (Phi) is 3.09. The van der Waals surface area contributed by atoms with Crippen LogP contribution in [0.5, 0.6) is 5.75 Å². The standard InChI is InChI=1S/C17H14N4O3/c18-17-20-15-14(16(24)21-17)12(8-4-6-9(22)7-5-8)13-10(19-15)2-1-3-11(13)23/h4-7,22H,1-3H2,(H3,18,19,20,21,24). The lowest BCUT2D eigenvalue weighted by atomic mass is 9.87. The van der Waals surface area contributed by atoms with Crippen molar-refractivity contribution in [3.05, 3.63) is 45.9 Å². The SMILES string of the molecule is Nc1nc2nc3c(c(-c4ccc(O)cc4)c2c(=O)[nH]1)C(=O)CCC3. The maximum absolute atomic E-state index is 12.5. The van der Waals surface area contributed by atoms with Crippen LogP contribution in [0.25, 0.3) is 22.2 Å². The Bertz CT molecular complexity index is 1040. The summed E-state index contributed by atoms with van der Waals surface area (Å²) < 4.78 is 0. The maximum atomic E-state index is 12.5. The fraction of sp³-hybridized carbons (Fsp3) is 0.176. The van der Waals surface area contributed by atoms with Crippen LogP contribution in [0, 0.1) is 0 Å². The van der Waals surface area contributed by atoms with Crippen LogP contribution >= 0.6 is 0 Å². The van der Waals surface area contributed by atoms with E-state index in [2.05, 4.69) is 15.0 Å². The molecular formula is C17H14N4O3. The minimum Gasteiger partial charge on any atom is -0.508 e. The number of nitrogens with one attached hydrogen (secondary N) is 1. The Labute approximate surface area is 136 Å². The van der Waals surface area contributed by atoms with Crippen molar-refractivity contribution >= 4 is 22.8 Å². The zero-order valence-corrected chi connectivity index (χ0v) is 12.7. The van der Waals surface area contributed by atoms with E-state index in [-0.39, 0.29) is 28.5 Å². The lowest BCUT2D eigenvalue weighted by molar-refractivity contribution is 0.0972. The zero-order valence-electron chi connectivity index (χ0n) is 12.7. The molecule has 0 unspecified atom stereocenters. The molecule has 0 spiro atoms. The minimum atomic E-state index is -0.436. The molecule has 0 radical (unpaired) electrons. The third kappa shape index (κ3) is 2.13. The van der Waals surface area contributed by atoms with Crippen molar-refractivity contribution in [2.45, 2.75) is 19.3 Å². The maximum Gasteiger partial charge on any atom is 0.262 e. The van der Waals surface area contributed by atoms with Crippen molar-refractivity contribution in [3.63, 3.8) is 0 Å². The number of aromatic amines is 1. The van der Waals surface area contributed by atoms with Gasteiger partial charge < -0.3 is 10.8 Å². The van der Waals surface area contributed by atoms with Crippen LogP contribution in [0.2, 0.25) is 0 Å². The van der Waals surface area contributed by atoms with E-state index in [0.717, 1.165) is 6.42 Å². The molecule has 1 aliphatic rings. The molecule has 24 heavy (non-hydrogen) atoms. The van der Waals surface area contributed by atoms with E-state index in [4.69, 9.17) is 5.73 Å². The van der Waals surface area contributed by atoms with Gasteiger partial charge in [0.05, 0.1) is 11.1 Å². The number of phenols is 1. The Morgan fingerprint density at radius 2 is 1.79 bits per heavy atom. The quantitative estimate of drug-likeness (QED) is 0.628. The number of hydrogen-bond acceptors (Lipinski definition) is 6. The number of carbonyl (C=O) groups excluding carboxylic acids is 1. The number of rotatable bonds is 1. The third-order valence-electron chi connectivity index (χ3n) is 4.20. The molecule has 120 valence electrons. The number of hydrogen-bond donors (Lipinski definition) is 3. The zero-order chi connectivity index (χ0) is 16.8. The Balaban J connectivity index is 2.19. The van der Waals surface area contributed by atoms with Gasteiger partial charge in [-0.25, -0.2) is 4.98 Å². The molecule has 0 amide bonds. The van der Waals surface area contributed by atoms with Gasteiger partial charge >= 0.3 is 0 Å². The number of carbonyl (C=O) groups is 1. The van der Waals surface area contributed by atoms with Crippen LogP contribution < -0.4 is 11.3 Å². The fourth-order valence-electron chi connectivity index (χ4n) is 3.18. The largest absolute Gasteiger partial charge is 0.508 e. The lowest BCUT2D eigenvalue weighted by Crippen LogP contribution is -2.20. The molecule has 4 N–H and O–H groups in total.